The van der Waals surface area contributed by atoms with E-state index >= 15 is 0 Å². The molecule has 6 heteroatoms. The summed E-state index contributed by atoms with van der Waals surface area (Å²) in [7, 11) is 6.01. The molecule has 2 amide bonds. The van der Waals surface area contributed by atoms with Gasteiger partial charge in [-0.2, -0.15) is 0 Å². The molecular weight excluding hydrogens is 316 g/mol. The average Bonchev–Trinajstić information content (AvgIpc) is 2.54. The number of piperidine rings is 1. The van der Waals surface area contributed by atoms with Crippen molar-refractivity contribution in [2.75, 3.05) is 45.7 Å². The highest BCUT2D eigenvalue weighted by atomic mass is 16.2. The zero-order valence-electron chi connectivity index (χ0n) is 15.8. The minimum Gasteiger partial charge on any atom is -0.378 e. The third-order valence-corrected chi connectivity index (χ3v) is 4.47. The van der Waals surface area contributed by atoms with Crippen LogP contribution < -0.4 is 10.2 Å². The summed E-state index contributed by atoms with van der Waals surface area (Å²) in [4.78, 5) is 29.8. The van der Waals surface area contributed by atoms with Crippen molar-refractivity contribution < 1.29 is 9.59 Å². The van der Waals surface area contributed by atoms with Crippen LogP contribution in [-0.4, -0.2) is 68.4 Å². The molecule has 1 atom stereocenters. The number of rotatable bonds is 6. The van der Waals surface area contributed by atoms with Crippen LogP contribution in [0, 0.1) is 0 Å². The van der Waals surface area contributed by atoms with Gasteiger partial charge in [-0.25, -0.2) is 0 Å². The molecule has 138 valence electrons. The van der Waals surface area contributed by atoms with E-state index in [2.05, 4.69) is 28.4 Å². The lowest BCUT2D eigenvalue weighted by atomic mass is 10.1. The number of hydrogen-bond donors (Lipinski definition) is 1. The fourth-order valence-electron chi connectivity index (χ4n) is 3.24. The number of benzene rings is 1. The molecular formula is C19H30N4O2. The zero-order chi connectivity index (χ0) is 18.4. The van der Waals surface area contributed by atoms with E-state index < -0.39 is 0 Å². The van der Waals surface area contributed by atoms with Gasteiger partial charge in [-0.05, 0) is 37.6 Å². The Bertz CT molecular complexity index is 603. The summed E-state index contributed by atoms with van der Waals surface area (Å²) in [6.45, 7) is 4.03. The van der Waals surface area contributed by atoms with E-state index in [1.165, 1.54) is 12.5 Å². The summed E-state index contributed by atoms with van der Waals surface area (Å²) in [6.07, 6.45) is 1.88. The van der Waals surface area contributed by atoms with Crippen molar-refractivity contribution in [1.82, 2.24) is 15.1 Å². The summed E-state index contributed by atoms with van der Waals surface area (Å²) < 4.78 is 0. The second-order valence-electron chi connectivity index (χ2n) is 7.12. The van der Waals surface area contributed by atoms with Crippen LogP contribution in [0.3, 0.4) is 0 Å². The number of carbonyl (C=O) groups excluding carboxylic acids is 2. The van der Waals surface area contributed by atoms with E-state index in [1.54, 1.807) is 0 Å². The standard InChI is InChI=1S/C19H30N4O2/c1-15(24)20-17-8-6-10-23(13-17)19(25)14-22(4)12-16-7-5-9-18(11-16)21(2)3/h5,7,9,11,17H,6,8,10,12-14H2,1-4H3,(H,20,24)/t17-/m0/s1. The molecule has 2 rings (SSSR count). The molecule has 1 N–H and O–H groups in total. The maximum atomic E-state index is 12.6. The van der Waals surface area contributed by atoms with Crippen molar-refractivity contribution in [3.63, 3.8) is 0 Å². The van der Waals surface area contributed by atoms with E-state index in [1.807, 2.05) is 37.0 Å². The van der Waals surface area contributed by atoms with Crippen LogP contribution in [0.1, 0.15) is 25.3 Å². The molecule has 1 fully saturated rings. The van der Waals surface area contributed by atoms with Crippen molar-refractivity contribution in [2.45, 2.75) is 32.4 Å². The Morgan fingerprint density at radius 3 is 2.72 bits per heavy atom. The molecule has 1 aromatic rings. The molecule has 0 aliphatic carbocycles. The minimum absolute atomic E-state index is 0.0304. The first-order chi connectivity index (χ1) is 11.8. The van der Waals surface area contributed by atoms with Gasteiger partial charge in [0.25, 0.3) is 0 Å². The van der Waals surface area contributed by atoms with Crippen molar-refractivity contribution in [3.8, 4) is 0 Å². The van der Waals surface area contributed by atoms with E-state index in [4.69, 9.17) is 0 Å². The lowest BCUT2D eigenvalue weighted by Crippen LogP contribution is -2.51. The Balaban J connectivity index is 1.87. The molecule has 0 aromatic heterocycles. The molecule has 1 aliphatic heterocycles. The van der Waals surface area contributed by atoms with Crippen LogP contribution in [0.25, 0.3) is 0 Å². The summed E-state index contributed by atoms with van der Waals surface area (Å²) in [5, 5.41) is 2.93. The van der Waals surface area contributed by atoms with Crippen molar-refractivity contribution in [1.29, 1.82) is 0 Å². The number of nitrogens with one attached hydrogen (secondary N) is 1. The maximum absolute atomic E-state index is 12.6. The molecule has 0 bridgehead atoms. The van der Waals surface area contributed by atoms with Gasteiger partial charge in [0.05, 0.1) is 6.54 Å². The third kappa shape index (κ3) is 6.05. The number of nitrogens with zero attached hydrogens (tertiary/aromatic N) is 3. The highest BCUT2D eigenvalue weighted by Crippen LogP contribution is 2.15. The average molecular weight is 346 g/mol. The monoisotopic (exact) mass is 346 g/mol. The molecule has 6 nitrogen and oxygen atoms in total. The van der Waals surface area contributed by atoms with Gasteiger partial charge in [0.15, 0.2) is 0 Å². The Hall–Kier alpha value is -2.08. The van der Waals surface area contributed by atoms with Crippen LogP contribution in [0.4, 0.5) is 5.69 Å². The van der Waals surface area contributed by atoms with Crippen molar-refractivity contribution >= 4 is 17.5 Å². The van der Waals surface area contributed by atoms with Gasteiger partial charge in [0.2, 0.25) is 11.8 Å². The summed E-state index contributed by atoms with van der Waals surface area (Å²) in [6, 6.07) is 8.43. The van der Waals surface area contributed by atoms with Gasteiger partial charge in [0.1, 0.15) is 0 Å². The van der Waals surface area contributed by atoms with Crippen LogP contribution in [-0.2, 0) is 16.1 Å². The van der Waals surface area contributed by atoms with E-state index in [-0.39, 0.29) is 17.9 Å². The third-order valence-electron chi connectivity index (χ3n) is 4.47. The number of anilines is 1. The Morgan fingerprint density at radius 1 is 1.28 bits per heavy atom. The van der Waals surface area contributed by atoms with E-state index in [0.717, 1.165) is 31.6 Å². The van der Waals surface area contributed by atoms with Crippen molar-refractivity contribution in [3.05, 3.63) is 29.8 Å². The molecule has 1 saturated heterocycles. The predicted molar refractivity (Wildman–Crippen MR) is 101 cm³/mol. The zero-order valence-corrected chi connectivity index (χ0v) is 15.8. The van der Waals surface area contributed by atoms with Gasteiger partial charge in [-0.1, -0.05) is 12.1 Å². The predicted octanol–water partition coefficient (Wildman–Crippen LogP) is 1.31. The minimum atomic E-state index is -0.0304. The van der Waals surface area contributed by atoms with E-state index in [9.17, 15) is 9.59 Å². The molecule has 0 unspecified atom stereocenters. The second-order valence-corrected chi connectivity index (χ2v) is 7.12. The highest BCUT2D eigenvalue weighted by Gasteiger charge is 2.24. The molecule has 25 heavy (non-hydrogen) atoms. The number of likely N-dealkylation sites (N-methyl/N-ethyl adjacent to an activating group) is 1. The van der Waals surface area contributed by atoms with Crippen LogP contribution in [0.2, 0.25) is 0 Å². The van der Waals surface area contributed by atoms with Crippen molar-refractivity contribution in [2.24, 2.45) is 0 Å². The summed E-state index contributed by atoms with van der Waals surface area (Å²) in [5.41, 5.74) is 2.35. The molecule has 0 saturated carbocycles. The number of amides is 2. The number of likely N-dealkylation sites (tertiary alicyclic amines) is 1. The van der Waals surface area contributed by atoms with Crippen LogP contribution in [0.5, 0.6) is 0 Å². The number of hydrogen-bond acceptors (Lipinski definition) is 4. The largest absolute Gasteiger partial charge is 0.378 e. The molecule has 0 spiro atoms. The lowest BCUT2D eigenvalue weighted by Gasteiger charge is -2.34. The Morgan fingerprint density at radius 2 is 2.04 bits per heavy atom. The molecule has 1 heterocycles. The second kappa shape index (κ2) is 8.85. The van der Waals surface area contributed by atoms with Gasteiger partial charge in [-0.3, -0.25) is 14.5 Å². The first kappa shape index (κ1) is 19.2. The maximum Gasteiger partial charge on any atom is 0.236 e. The fraction of sp³-hybridized carbons (Fsp3) is 0.579. The van der Waals surface area contributed by atoms with Gasteiger partial charge < -0.3 is 15.1 Å². The first-order valence-electron chi connectivity index (χ1n) is 8.85. The molecule has 0 radical (unpaired) electrons. The van der Waals surface area contributed by atoms with Gasteiger partial charge in [0, 0.05) is 52.4 Å². The highest BCUT2D eigenvalue weighted by molar-refractivity contribution is 5.78. The van der Waals surface area contributed by atoms with E-state index in [0.29, 0.717) is 13.1 Å². The lowest BCUT2D eigenvalue weighted by molar-refractivity contribution is -0.134. The molecule has 1 aromatic carbocycles. The first-order valence-corrected chi connectivity index (χ1v) is 8.85. The summed E-state index contributed by atoms with van der Waals surface area (Å²) >= 11 is 0. The van der Waals surface area contributed by atoms with Gasteiger partial charge in [-0.15, -0.1) is 0 Å². The van der Waals surface area contributed by atoms with Crippen LogP contribution >= 0.6 is 0 Å². The Kier molecular flexibility index (Phi) is 6.82. The summed E-state index contributed by atoms with van der Waals surface area (Å²) in [5.74, 6) is 0.0958. The van der Waals surface area contributed by atoms with Crippen LogP contribution in [0.15, 0.2) is 24.3 Å². The quantitative estimate of drug-likeness (QED) is 0.844. The SMILES string of the molecule is CC(=O)N[C@H]1CCCN(C(=O)CN(C)Cc2cccc(N(C)C)c2)C1. The number of carbonyl (C=O) groups is 2. The fourth-order valence-corrected chi connectivity index (χ4v) is 3.24. The molecule has 1 aliphatic rings. The van der Waals surface area contributed by atoms with Gasteiger partial charge >= 0.3 is 0 Å². The smallest absolute Gasteiger partial charge is 0.236 e. The normalized spacial score (nSPS) is 17.5. The topological polar surface area (TPSA) is 55.9 Å². The Labute approximate surface area is 150 Å².